The number of fused-ring (bicyclic) bond motifs is 3. The van der Waals surface area contributed by atoms with Crippen LogP contribution >= 0.6 is 0 Å². The molecule has 2 aromatic rings. The van der Waals surface area contributed by atoms with Gasteiger partial charge in [0.05, 0.1) is 12.2 Å². The number of anilines is 1. The van der Waals surface area contributed by atoms with Crippen LogP contribution in [-0.4, -0.2) is 84.0 Å². The molecule has 1 aliphatic carbocycles. The van der Waals surface area contributed by atoms with Gasteiger partial charge in [-0.25, -0.2) is 14.3 Å². The van der Waals surface area contributed by atoms with E-state index in [-0.39, 0.29) is 31.5 Å². The van der Waals surface area contributed by atoms with E-state index in [1.54, 1.807) is 49.9 Å². The molecule has 3 aliphatic heterocycles. The predicted octanol–water partition coefficient (Wildman–Crippen LogP) is 4.18. The van der Waals surface area contributed by atoms with Gasteiger partial charge in [0, 0.05) is 25.4 Å². The summed E-state index contributed by atoms with van der Waals surface area (Å²) in [6.45, 7) is 7.53. The first-order chi connectivity index (χ1) is 26.0. The molecule has 55 heavy (non-hydrogen) atoms. The van der Waals surface area contributed by atoms with Gasteiger partial charge in [-0.05, 0) is 76.6 Å². The lowest BCUT2D eigenvalue weighted by molar-refractivity contribution is -0.141. The number of carbonyl (C=O) groups is 5. The fourth-order valence-electron chi connectivity index (χ4n) is 7.31. The Hall–Kier alpha value is -5.12. The van der Waals surface area contributed by atoms with E-state index in [0.717, 1.165) is 29.5 Å². The maximum Gasteiger partial charge on any atom is 0.410 e. The van der Waals surface area contributed by atoms with Gasteiger partial charge in [0.15, 0.2) is 0 Å². The van der Waals surface area contributed by atoms with E-state index < -0.39 is 75.4 Å². The smallest absolute Gasteiger partial charge is 0.410 e. The van der Waals surface area contributed by atoms with Gasteiger partial charge in [-0.2, -0.15) is 8.42 Å². The fourth-order valence-corrected chi connectivity index (χ4v) is 8.23. The van der Waals surface area contributed by atoms with Crippen molar-refractivity contribution in [1.82, 2.24) is 25.2 Å². The Morgan fingerprint density at radius 1 is 0.964 bits per heavy atom. The van der Waals surface area contributed by atoms with Crippen LogP contribution in [0.15, 0.2) is 60.7 Å². The summed E-state index contributed by atoms with van der Waals surface area (Å²) in [5, 5.41) is 5.49. The highest BCUT2D eigenvalue weighted by Gasteiger charge is 2.61. The van der Waals surface area contributed by atoms with E-state index in [0.29, 0.717) is 25.9 Å². The van der Waals surface area contributed by atoms with Crippen LogP contribution < -0.4 is 20.1 Å². The average molecular weight is 779 g/mol. The summed E-state index contributed by atoms with van der Waals surface area (Å²) < 4.78 is 42.0. The van der Waals surface area contributed by atoms with Crippen molar-refractivity contribution in [2.24, 2.45) is 5.92 Å². The third-order valence-electron chi connectivity index (χ3n) is 10.2. The second-order valence-corrected chi connectivity index (χ2v) is 17.2. The monoisotopic (exact) mass is 778 g/mol. The fraction of sp³-hybridized carbons (Fsp3) is 0.513. The van der Waals surface area contributed by atoms with Crippen LogP contribution in [0.25, 0.3) is 0 Å². The molecule has 296 valence electrons. The summed E-state index contributed by atoms with van der Waals surface area (Å²) in [5.41, 5.74) is 0.697. The molecule has 5 atom stereocenters. The Balaban J connectivity index is 1.24. The maximum absolute atomic E-state index is 14.4. The Morgan fingerprint density at radius 3 is 2.33 bits per heavy atom. The van der Waals surface area contributed by atoms with E-state index in [1.165, 1.54) is 4.90 Å². The van der Waals surface area contributed by atoms with E-state index >= 15 is 0 Å². The maximum atomic E-state index is 14.4. The largest absolute Gasteiger partial charge is 0.444 e. The number of nitrogens with one attached hydrogen (secondary N) is 4. The Labute approximate surface area is 321 Å². The topological polar surface area (TPSA) is 193 Å². The number of alkyl carbamates (subject to hydrolysis) is 1. The number of aryl methyl sites for hydroxylation is 1. The Kier molecular flexibility index (Phi) is 11.5. The van der Waals surface area contributed by atoms with Crippen molar-refractivity contribution in [1.29, 1.82) is 0 Å². The highest BCUT2D eigenvalue weighted by atomic mass is 32.2. The molecule has 15 nitrogen and oxygen atoms in total. The molecule has 1 saturated heterocycles. The standard InChI is InChI=1S/C39H50N6O9S/c1-25-16-18-29(19-17-25)42-55(51,52)43-35(48)39-21-28(39)14-8-6-5-7-9-15-31(40-36(49)54-38(2,3)4)34(47)45-24-30(20-32(45)33(46)41-39)53-37(50)44-22-26-12-10-11-13-27(26)23-44/h8,10-14,16-19,28,30-32,42H,5-7,9,15,20-24H2,1-4H3,(H,40,49)(H,41,46)(H,43,48). The van der Waals surface area contributed by atoms with Gasteiger partial charge >= 0.3 is 22.4 Å². The number of benzene rings is 2. The first-order valence-electron chi connectivity index (χ1n) is 18.7. The van der Waals surface area contributed by atoms with Crippen molar-refractivity contribution in [2.45, 2.75) is 115 Å². The number of ether oxygens (including phenoxy) is 2. The van der Waals surface area contributed by atoms with E-state index in [9.17, 15) is 32.4 Å². The number of rotatable bonds is 6. The first-order valence-corrected chi connectivity index (χ1v) is 20.2. The van der Waals surface area contributed by atoms with Gasteiger partial charge < -0.3 is 25.0 Å². The van der Waals surface area contributed by atoms with Crippen LogP contribution in [0.4, 0.5) is 15.3 Å². The molecule has 0 spiro atoms. The van der Waals surface area contributed by atoms with Crippen molar-refractivity contribution in [3.8, 4) is 0 Å². The van der Waals surface area contributed by atoms with E-state index in [4.69, 9.17) is 9.47 Å². The van der Waals surface area contributed by atoms with Crippen LogP contribution in [0, 0.1) is 12.8 Å². The predicted molar refractivity (Wildman–Crippen MR) is 202 cm³/mol. The van der Waals surface area contributed by atoms with Crippen LogP contribution in [0.1, 0.15) is 82.4 Å². The van der Waals surface area contributed by atoms with Crippen molar-refractivity contribution < 1.29 is 41.9 Å². The molecule has 5 amide bonds. The quantitative estimate of drug-likeness (QED) is 0.312. The minimum atomic E-state index is -4.40. The number of nitrogens with zero attached hydrogens (tertiary/aromatic N) is 2. The van der Waals surface area contributed by atoms with Crippen LogP contribution in [0.2, 0.25) is 0 Å². The van der Waals surface area contributed by atoms with Crippen LogP contribution in [0.3, 0.4) is 0 Å². The second-order valence-electron chi connectivity index (χ2n) is 15.8. The molecule has 16 heteroatoms. The molecular weight excluding hydrogens is 729 g/mol. The van der Waals surface area contributed by atoms with E-state index in [2.05, 4.69) is 20.1 Å². The van der Waals surface area contributed by atoms with Crippen LogP contribution in [0.5, 0.6) is 0 Å². The Morgan fingerprint density at radius 2 is 1.65 bits per heavy atom. The molecule has 0 bridgehead atoms. The number of allylic oxidation sites excluding steroid dienone is 1. The first kappa shape index (κ1) is 39.6. The minimum Gasteiger partial charge on any atom is -0.444 e. The lowest BCUT2D eigenvalue weighted by Gasteiger charge is -2.30. The van der Waals surface area contributed by atoms with Crippen molar-refractivity contribution in [3.63, 3.8) is 0 Å². The summed E-state index contributed by atoms with van der Waals surface area (Å²) in [5.74, 6) is -2.74. The summed E-state index contributed by atoms with van der Waals surface area (Å²) >= 11 is 0. The van der Waals surface area contributed by atoms with Crippen LogP contribution in [-0.2, 0) is 47.2 Å². The number of hydrogen-bond acceptors (Lipinski definition) is 9. The second kappa shape index (κ2) is 15.9. The molecule has 0 radical (unpaired) electrons. The zero-order valence-corrected chi connectivity index (χ0v) is 32.4. The number of carbonyl (C=O) groups excluding carboxylic acids is 5. The molecule has 2 fully saturated rings. The van der Waals surface area contributed by atoms with Gasteiger partial charge in [0.1, 0.15) is 29.3 Å². The summed E-state index contributed by atoms with van der Waals surface area (Å²) in [7, 11) is -4.40. The molecule has 2 aromatic carbocycles. The highest BCUT2D eigenvalue weighted by Crippen LogP contribution is 2.46. The molecule has 4 N–H and O–H groups in total. The normalized spacial score (nSPS) is 25.6. The van der Waals surface area contributed by atoms with Gasteiger partial charge in [0.25, 0.3) is 5.91 Å². The molecule has 1 saturated carbocycles. The highest BCUT2D eigenvalue weighted by molar-refractivity contribution is 7.91. The molecule has 4 aliphatic rings. The van der Waals surface area contributed by atoms with Crippen molar-refractivity contribution in [2.75, 3.05) is 11.3 Å². The molecule has 6 rings (SSSR count). The molecule has 3 heterocycles. The van der Waals surface area contributed by atoms with Crippen molar-refractivity contribution in [3.05, 3.63) is 77.4 Å². The zero-order valence-electron chi connectivity index (χ0n) is 31.6. The number of hydrogen-bond donors (Lipinski definition) is 4. The summed E-state index contributed by atoms with van der Waals surface area (Å²) in [4.78, 5) is 71.7. The Bertz CT molecular complexity index is 1920. The average Bonchev–Trinajstić information content (AvgIpc) is 3.41. The summed E-state index contributed by atoms with van der Waals surface area (Å²) in [6, 6.07) is 12.0. The van der Waals surface area contributed by atoms with Gasteiger partial charge in [-0.3, -0.25) is 24.0 Å². The number of amides is 5. The van der Waals surface area contributed by atoms with Gasteiger partial charge in [0.2, 0.25) is 11.8 Å². The zero-order chi connectivity index (χ0) is 39.5. The molecule has 0 aromatic heterocycles. The minimum absolute atomic E-state index is 0.0885. The third-order valence-corrected chi connectivity index (χ3v) is 11.2. The molecular formula is C39H50N6O9S. The van der Waals surface area contributed by atoms with Gasteiger partial charge in [-0.1, -0.05) is 67.0 Å². The van der Waals surface area contributed by atoms with E-state index in [1.807, 2.05) is 43.3 Å². The van der Waals surface area contributed by atoms with Gasteiger partial charge in [-0.15, -0.1) is 0 Å². The molecule has 5 unspecified atom stereocenters. The lowest BCUT2D eigenvalue weighted by Crippen LogP contribution is -2.58. The summed E-state index contributed by atoms with van der Waals surface area (Å²) in [6.07, 6.45) is 4.44. The lowest BCUT2D eigenvalue weighted by atomic mass is 10.0. The van der Waals surface area contributed by atoms with Crippen molar-refractivity contribution >= 4 is 45.8 Å². The SMILES string of the molecule is Cc1ccc(NS(=O)(=O)NC(=O)C23CC2C=CCCCCCC(NC(=O)OC(C)(C)C)C(=O)N2CC(OC(=O)N4Cc5ccccc5C4)CC2C(=O)N3)cc1. The third kappa shape index (κ3) is 9.77.